The molecule has 0 aromatic heterocycles. The van der Waals surface area contributed by atoms with Gasteiger partial charge in [0.25, 0.3) is 0 Å². The second-order valence-corrected chi connectivity index (χ2v) is 7.04. The Morgan fingerprint density at radius 3 is 2.65 bits per heavy atom. The molecule has 0 saturated carbocycles. The van der Waals surface area contributed by atoms with Crippen molar-refractivity contribution in [2.45, 2.75) is 45.4 Å². The van der Waals surface area contributed by atoms with Gasteiger partial charge in [0.2, 0.25) is 0 Å². The summed E-state index contributed by atoms with van der Waals surface area (Å²) in [5.74, 6) is -1.80. The van der Waals surface area contributed by atoms with Crippen molar-refractivity contribution in [3.05, 3.63) is 11.6 Å². The maximum absolute atomic E-state index is 12.5. The van der Waals surface area contributed by atoms with Crippen LogP contribution in [0.5, 0.6) is 0 Å². The van der Waals surface area contributed by atoms with Gasteiger partial charge < -0.3 is 14.6 Å². The molecule has 6 atom stereocenters. The summed E-state index contributed by atoms with van der Waals surface area (Å²) in [6.45, 7) is 7.24. The molecule has 0 bridgehead atoms. The van der Waals surface area contributed by atoms with E-state index in [0.717, 1.165) is 25.1 Å². The van der Waals surface area contributed by atoms with Gasteiger partial charge in [-0.1, -0.05) is 26.8 Å². The van der Waals surface area contributed by atoms with Gasteiger partial charge in [0.15, 0.2) is 6.10 Å². The Bertz CT molecular complexity index is 531. The number of aliphatic hydroxyl groups excluding tert-OH is 1. The van der Waals surface area contributed by atoms with Gasteiger partial charge in [-0.3, -0.25) is 9.69 Å². The summed E-state index contributed by atoms with van der Waals surface area (Å²) in [5.41, 5.74) is 0.967. The van der Waals surface area contributed by atoms with Crippen LogP contribution in [0.2, 0.25) is 0 Å². The lowest BCUT2D eigenvalue weighted by Crippen LogP contribution is -2.42. The molecule has 2 saturated heterocycles. The summed E-state index contributed by atoms with van der Waals surface area (Å²) < 4.78 is 11.1. The maximum atomic E-state index is 12.5. The molecular weight excluding hydrogens is 298 g/mol. The standard InChI is InChI=1S/C17H25NO5/c1-9-10(2)15(19)17(21)22-8-12-4-6-18-7-5-13(14(12)18)23-16(20)11(9)3/h4,9-11,13-15,19H,5-8H2,1-3H3/t9?,10?,11?,13-,14-,15?/m1/s1. The first-order valence-electron chi connectivity index (χ1n) is 8.38. The van der Waals surface area contributed by atoms with Crippen molar-refractivity contribution in [1.82, 2.24) is 4.90 Å². The monoisotopic (exact) mass is 323 g/mol. The van der Waals surface area contributed by atoms with E-state index >= 15 is 0 Å². The van der Waals surface area contributed by atoms with Gasteiger partial charge in [-0.25, -0.2) is 4.79 Å². The lowest BCUT2D eigenvalue weighted by atomic mass is 9.81. The summed E-state index contributed by atoms with van der Waals surface area (Å²) in [5, 5.41) is 10.2. The zero-order chi connectivity index (χ0) is 16.7. The molecule has 4 unspecified atom stereocenters. The summed E-state index contributed by atoms with van der Waals surface area (Å²) in [6.07, 6.45) is 1.44. The highest BCUT2D eigenvalue weighted by molar-refractivity contribution is 5.76. The number of carbonyl (C=O) groups excluding carboxylic acids is 2. The van der Waals surface area contributed by atoms with Crippen LogP contribution in [0.4, 0.5) is 0 Å². The van der Waals surface area contributed by atoms with E-state index in [1.165, 1.54) is 0 Å². The highest BCUT2D eigenvalue weighted by Crippen LogP contribution is 2.34. The number of hydrogen-bond donors (Lipinski definition) is 1. The van der Waals surface area contributed by atoms with Crippen LogP contribution >= 0.6 is 0 Å². The van der Waals surface area contributed by atoms with Crippen molar-refractivity contribution < 1.29 is 24.2 Å². The smallest absolute Gasteiger partial charge is 0.335 e. The molecule has 3 aliphatic heterocycles. The quantitative estimate of drug-likeness (QED) is 0.523. The minimum Gasteiger partial charge on any atom is -0.460 e. The maximum Gasteiger partial charge on any atom is 0.335 e. The average Bonchev–Trinajstić information content (AvgIpc) is 3.12. The molecule has 3 rings (SSSR count). The molecule has 0 aromatic carbocycles. The molecule has 0 aliphatic carbocycles. The van der Waals surface area contributed by atoms with Crippen molar-refractivity contribution in [2.24, 2.45) is 17.8 Å². The molecule has 0 spiro atoms. The summed E-state index contributed by atoms with van der Waals surface area (Å²) in [7, 11) is 0. The number of aliphatic hydroxyl groups is 1. The van der Waals surface area contributed by atoms with Crippen LogP contribution in [0.1, 0.15) is 27.2 Å². The van der Waals surface area contributed by atoms with Crippen LogP contribution in [-0.2, 0) is 19.1 Å². The highest BCUT2D eigenvalue weighted by Gasteiger charge is 2.44. The van der Waals surface area contributed by atoms with Crippen LogP contribution in [0.15, 0.2) is 11.6 Å². The van der Waals surface area contributed by atoms with Crippen molar-refractivity contribution in [1.29, 1.82) is 0 Å². The second-order valence-electron chi connectivity index (χ2n) is 7.04. The predicted molar refractivity (Wildman–Crippen MR) is 82.4 cm³/mol. The van der Waals surface area contributed by atoms with Gasteiger partial charge >= 0.3 is 11.9 Å². The molecule has 0 radical (unpaired) electrons. The number of rotatable bonds is 0. The van der Waals surface area contributed by atoms with Crippen molar-refractivity contribution >= 4 is 11.9 Å². The van der Waals surface area contributed by atoms with Gasteiger partial charge in [0, 0.05) is 13.1 Å². The Morgan fingerprint density at radius 2 is 1.91 bits per heavy atom. The number of cyclic esters (lactones) is 1. The zero-order valence-electron chi connectivity index (χ0n) is 13.9. The predicted octanol–water partition coefficient (Wildman–Crippen LogP) is 0.738. The van der Waals surface area contributed by atoms with Gasteiger partial charge in [-0.15, -0.1) is 0 Å². The van der Waals surface area contributed by atoms with E-state index < -0.39 is 12.1 Å². The number of ether oxygens (including phenoxy) is 2. The lowest BCUT2D eigenvalue weighted by Gasteiger charge is -2.31. The first kappa shape index (κ1) is 16.5. The topological polar surface area (TPSA) is 76.1 Å². The minimum atomic E-state index is -1.22. The van der Waals surface area contributed by atoms with Gasteiger partial charge in [-0.05, 0) is 23.8 Å². The van der Waals surface area contributed by atoms with E-state index in [2.05, 4.69) is 4.90 Å². The zero-order valence-corrected chi connectivity index (χ0v) is 13.9. The Balaban J connectivity index is 1.86. The van der Waals surface area contributed by atoms with Crippen LogP contribution < -0.4 is 0 Å². The van der Waals surface area contributed by atoms with E-state index in [4.69, 9.17) is 9.47 Å². The molecule has 1 N–H and O–H groups in total. The highest BCUT2D eigenvalue weighted by atomic mass is 16.6. The largest absolute Gasteiger partial charge is 0.460 e. The van der Waals surface area contributed by atoms with E-state index in [1.54, 1.807) is 13.8 Å². The van der Waals surface area contributed by atoms with E-state index in [0.29, 0.717) is 0 Å². The minimum absolute atomic E-state index is 0.00301. The third-order valence-corrected chi connectivity index (χ3v) is 5.79. The fraction of sp³-hybridized carbons (Fsp3) is 0.765. The molecule has 3 heterocycles. The van der Waals surface area contributed by atoms with Crippen molar-refractivity contribution in [2.75, 3.05) is 19.7 Å². The number of carbonyl (C=O) groups is 2. The molecule has 128 valence electrons. The Labute approximate surface area is 136 Å². The van der Waals surface area contributed by atoms with Gasteiger partial charge in [0.1, 0.15) is 12.7 Å². The summed E-state index contributed by atoms with van der Waals surface area (Å²) in [6, 6.07) is 0.00301. The third kappa shape index (κ3) is 2.90. The molecular formula is C17H25NO5. The third-order valence-electron chi connectivity index (χ3n) is 5.79. The Morgan fingerprint density at radius 1 is 1.17 bits per heavy atom. The average molecular weight is 323 g/mol. The number of hydrogen-bond acceptors (Lipinski definition) is 6. The second kappa shape index (κ2) is 6.24. The lowest BCUT2D eigenvalue weighted by molar-refractivity contribution is -0.164. The van der Waals surface area contributed by atoms with Crippen LogP contribution in [-0.4, -0.2) is 59.9 Å². The van der Waals surface area contributed by atoms with E-state index in [9.17, 15) is 14.7 Å². The number of esters is 2. The Hall–Kier alpha value is -1.40. The molecule has 6 nitrogen and oxygen atoms in total. The van der Waals surface area contributed by atoms with Crippen molar-refractivity contribution in [3.63, 3.8) is 0 Å². The molecule has 23 heavy (non-hydrogen) atoms. The van der Waals surface area contributed by atoms with E-state index in [1.807, 2.05) is 13.0 Å². The Kier molecular flexibility index (Phi) is 4.47. The molecule has 0 amide bonds. The molecule has 3 aliphatic rings. The fourth-order valence-corrected chi connectivity index (χ4v) is 3.79. The van der Waals surface area contributed by atoms with Gasteiger partial charge in [0.05, 0.1) is 12.0 Å². The normalized spacial score (nSPS) is 42.2. The van der Waals surface area contributed by atoms with Crippen LogP contribution in [0.3, 0.4) is 0 Å². The first-order chi connectivity index (χ1) is 10.9. The fourth-order valence-electron chi connectivity index (χ4n) is 3.79. The van der Waals surface area contributed by atoms with E-state index in [-0.39, 0.29) is 42.5 Å². The van der Waals surface area contributed by atoms with Crippen LogP contribution in [0, 0.1) is 17.8 Å². The number of nitrogens with zero attached hydrogens (tertiary/aromatic N) is 1. The summed E-state index contributed by atoms with van der Waals surface area (Å²) >= 11 is 0. The first-order valence-corrected chi connectivity index (χ1v) is 8.38. The molecule has 0 aromatic rings. The molecule has 6 heteroatoms. The summed E-state index contributed by atoms with van der Waals surface area (Å²) in [4.78, 5) is 26.8. The van der Waals surface area contributed by atoms with Crippen molar-refractivity contribution in [3.8, 4) is 0 Å². The van der Waals surface area contributed by atoms with Gasteiger partial charge in [-0.2, -0.15) is 0 Å². The SMILES string of the molecule is CC1C(=O)O[C@@H]2CCN3CC=C(COC(=O)C(O)C(C)C1C)[C@H]23. The van der Waals surface area contributed by atoms with Crippen LogP contribution in [0.25, 0.3) is 0 Å². The molecule has 2 fully saturated rings.